The maximum Gasteiger partial charge on any atom is 0.315 e. The number of carbonyl (C=O) groups excluding carboxylic acids is 1. The summed E-state index contributed by atoms with van der Waals surface area (Å²) in [4.78, 5) is 16.6. The molecule has 0 aromatic carbocycles. The monoisotopic (exact) mass is 337 g/mol. The molecule has 2 unspecified atom stereocenters. The average Bonchev–Trinajstić information content (AvgIpc) is 2.55. The third kappa shape index (κ3) is 4.65. The number of rotatable bonds is 7. The Morgan fingerprint density at radius 3 is 2.33 bits per heavy atom. The highest BCUT2D eigenvalue weighted by Crippen LogP contribution is 2.39. The number of nitrogens with zero attached hydrogens (tertiary/aromatic N) is 2. The van der Waals surface area contributed by atoms with Gasteiger partial charge in [0.05, 0.1) is 0 Å². The minimum Gasteiger partial charge on any atom is -0.351 e. The van der Waals surface area contributed by atoms with E-state index in [1.165, 1.54) is 70.9 Å². The average molecular weight is 338 g/mol. The molecule has 0 aliphatic carbocycles. The highest BCUT2D eigenvalue weighted by molar-refractivity contribution is 5.73. The molecule has 2 N–H and O–H groups in total. The van der Waals surface area contributed by atoms with Crippen LogP contribution in [0.4, 0.5) is 4.79 Å². The summed E-state index contributed by atoms with van der Waals surface area (Å²) in [5.74, 6) is 0.540. The normalized spacial score (nSPS) is 28.0. The molecule has 2 rings (SSSR count). The quantitative estimate of drug-likeness (QED) is 0.701. The molecule has 0 bridgehead atoms. The van der Waals surface area contributed by atoms with Crippen LogP contribution in [-0.4, -0.2) is 47.0 Å². The Balaban J connectivity index is 2.05. The fraction of sp³-hybridized carbons (Fsp3) is 0.950. The molecule has 0 saturated carbocycles. The SMILES string of the molecule is CCCCCCCC1C(N2CCCCC2)CCN(C(N)=O)C1(C)C. The van der Waals surface area contributed by atoms with Crippen molar-refractivity contribution < 1.29 is 4.79 Å². The molecule has 2 atom stereocenters. The van der Waals surface area contributed by atoms with Gasteiger partial charge in [0.1, 0.15) is 0 Å². The summed E-state index contributed by atoms with van der Waals surface area (Å²) >= 11 is 0. The standard InChI is InChI=1S/C20H39N3O/c1-4-5-6-7-9-12-17-18(22-14-10-8-11-15-22)13-16-23(19(21)24)20(17,2)3/h17-18H,4-16H2,1-3H3,(H2,21,24). The van der Waals surface area contributed by atoms with Crippen molar-refractivity contribution in [1.82, 2.24) is 9.80 Å². The fourth-order valence-electron chi connectivity index (χ4n) is 5.02. The van der Waals surface area contributed by atoms with Gasteiger partial charge in [0.15, 0.2) is 0 Å². The van der Waals surface area contributed by atoms with Gasteiger partial charge in [-0.25, -0.2) is 4.79 Å². The Hall–Kier alpha value is -0.770. The second-order valence-electron chi connectivity index (χ2n) is 8.41. The van der Waals surface area contributed by atoms with E-state index in [4.69, 9.17) is 5.73 Å². The van der Waals surface area contributed by atoms with Gasteiger partial charge in [-0.15, -0.1) is 0 Å². The topological polar surface area (TPSA) is 49.6 Å². The van der Waals surface area contributed by atoms with E-state index in [0.717, 1.165) is 13.0 Å². The lowest BCUT2D eigenvalue weighted by Crippen LogP contribution is -2.64. The molecule has 2 amide bonds. The Morgan fingerprint density at radius 2 is 1.71 bits per heavy atom. The van der Waals surface area contributed by atoms with E-state index in [9.17, 15) is 4.79 Å². The number of carbonyl (C=O) groups is 1. The van der Waals surface area contributed by atoms with E-state index in [1.807, 2.05) is 4.90 Å². The molecular weight excluding hydrogens is 298 g/mol. The third-order valence-corrected chi connectivity index (χ3v) is 6.46. The highest BCUT2D eigenvalue weighted by Gasteiger charge is 2.46. The van der Waals surface area contributed by atoms with Crippen molar-refractivity contribution in [3.05, 3.63) is 0 Å². The molecule has 0 radical (unpaired) electrons. The molecule has 4 heteroatoms. The van der Waals surface area contributed by atoms with Crippen molar-refractivity contribution in [3.8, 4) is 0 Å². The largest absolute Gasteiger partial charge is 0.351 e. The lowest BCUT2D eigenvalue weighted by atomic mass is 9.72. The minimum atomic E-state index is -0.243. The van der Waals surface area contributed by atoms with Gasteiger partial charge in [-0.2, -0.15) is 0 Å². The van der Waals surface area contributed by atoms with Gasteiger partial charge >= 0.3 is 6.03 Å². The summed E-state index contributed by atoms with van der Waals surface area (Å²) in [5.41, 5.74) is 5.57. The number of urea groups is 1. The van der Waals surface area contributed by atoms with E-state index in [2.05, 4.69) is 25.7 Å². The van der Waals surface area contributed by atoms with Crippen molar-refractivity contribution in [2.75, 3.05) is 19.6 Å². The zero-order valence-electron chi connectivity index (χ0n) is 16.2. The second-order valence-corrected chi connectivity index (χ2v) is 8.41. The van der Waals surface area contributed by atoms with E-state index in [1.54, 1.807) is 0 Å². The van der Waals surface area contributed by atoms with E-state index in [0.29, 0.717) is 12.0 Å². The molecule has 2 aliphatic rings. The second kappa shape index (κ2) is 9.07. The van der Waals surface area contributed by atoms with Crippen LogP contribution in [0.25, 0.3) is 0 Å². The summed E-state index contributed by atoms with van der Waals surface area (Å²) in [6, 6.07) is 0.384. The lowest BCUT2D eigenvalue weighted by Gasteiger charge is -2.54. The summed E-state index contributed by atoms with van der Waals surface area (Å²) in [7, 11) is 0. The first-order valence-corrected chi connectivity index (χ1v) is 10.3. The maximum atomic E-state index is 11.9. The summed E-state index contributed by atoms with van der Waals surface area (Å²) in [6.45, 7) is 10.0. The van der Waals surface area contributed by atoms with Gasteiger partial charge in [-0.1, -0.05) is 45.4 Å². The van der Waals surface area contributed by atoms with Crippen molar-refractivity contribution in [2.24, 2.45) is 11.7 Å². The first-order chi connectivity index (χ1) is 11.5. The molecule has 2 saturated heterocycles. The number of primary amides is 1. The molecule has 0 aromatic heterocycles. The van der Waals surface area contributed by atoms with Gasteiger partial charge in [0, 0.05) is 18.1 Å². The number of unbranched alkanes of at least 4 members (excludes halogenated alkanes) is 4. The van der Waals surface area contributed by atoms with Crippen LogP contribution in [0.5, 0.6) is 0 Å². The lowest BCUT2D eigenvalue weighted by molar-refractivity contribution is -0.0247. The van der Waals surface area contributed by atoms with E-state index < -0.39 is 0 Å². The van der Waals surface area contributed by atoms with Crippen LogP contribution in [0.15, 0.2) is 0 Å². The molecule has 0 aromatic rings. The minimum absolute atomic E-state index is 0.128. The number of likely N-dealkylation sites (tertiary alicyclic amines) is 2. The number of hydrogen-bond donors (Lipinski definition) is 1. The molecule has 24 heavy (non-hydrogen) atoms. The maximum absolute atomic E-state index is 11.9. The van der Waals surface area contributed by atoms with Crippen LogP contribution < -0.4 is 5.73 Å². The fourth-order valence-corrected chi connectivity index (χ4v) is 5.02. The first-order valence-electron chi connectivity index (χ1n) is 10.3. The molecule has 2 aliphatic heterocycles. The predicted molar refractivity (Wildman–Crippen MR) is 101 cm³/mol. The van der Waals surface area contributed by atoms with Crippen LogP contribution in [-0.2, 0) is 0 Å². The van der Waals surface area contributed by atoms with Crippen molar-refractivity contribution in [2.45, 2.75) is 96.6 Å². The Bertz CT molecular complexity index is 390. The Labute approximate surface area is 149 Å². The molecule has 2 heterocycles. The number of piperidine rings is 2. The van der Waals surface area contributed by atoms with Crippen LogP contribution in [0, 0.1) is 5.92 Å². The molecular formula is C20H39N3O. The van der Waals surface area contributed by atoms with Crippen molar-refractivity contribution in [3.63, 3.8) is 0 Å². The first kappa shape index (κ1) is 19.6. The summed E-state index contributed by atoms with van der Waals surface area (Å²) < 4.78 is 0. The number of amides is 2. The van der Waals surface area contributed by atoms with Gasteiger partial charge in [-0.05, 0) is 58.5 Å². The predicted octanol–water partition coefficient (Wildman–Crippen LogP) is 4.38. The summed E-state index contributed by atoms with van der Waals surface area (Å²) in [5, 5.41) is 0. The van der Waals surface area contributed by atoms with Crippen LogP contribution in [0.2, 0.25) is 0 Å². The highest BCUT2D eigenvalue weighted by atomic mass is 16.2. The van der Waals surface area contributed by atoms with Gasteiger partial charge < -0.3 is 10.6 Å². The van der Waals surface area contributed by atoms with E-state index in [-0.39, 0.29) is 11.6 Å². The smallest absolute Gasteiger partial charge is 0.315 e. The summed E-state index contributed by atoms with van der Waals surface area (Å²) in [6.07, 6.45) is 12.9. The van der Waals surface area contributed by atoms with Crippen molar-refractivity contribution >= 4 is 6.03 Å². The molecule has 0 spiro atoms. The third-order valence-electron chi connectivity index (χ3n) is 6.46. The van der Waals surface area contributed by atoms with Gasteiger partial charge in [-0.3, -0.25) is 4.90 Å². The molecule has 2 fully saturated rings. The van der Waals surface area contributed by atoms with Crippen LogP contribution in [0.3, 0.4) is 0 Å². The van der Waals surface area contributed by atoms with Crippen LogP contribution in [0.1, 0.15) is 85.0 Å². The van der Waals surface area contributed by atoms with Crippen LogP contribution >= 0.6 is 0 Å². The zero-order chi connectivity index (χ0) is 17.6. The molecule has 4 nitrogen and oxygen atoms in total. The Morgan fingerprint density at radius 1 is 1.04 bits per heavy atom. The Kier molecular flexibility index (Phi) is 7.39. The van der Waals surface area contributed by atoms with Crippen molar-refractivity contribution in [1.29, 1.82) is 0 Å². The van der Waals surface area contributed by atoms with Gasteiger partial charge in [0.2, 0.25) is 0 Å². The number of hydrogen-bond acceptors (Lipinski definition) is 2. The number of nitrogens with two attached hydrogens (primary N) is 1. The van der Waals surface area contributed by atoms with E-state index >= 15 is 0 Å². The van der Waals surface area contributed by atoms with Gasteiger partial charge in [0.25, 0.3) is 0 Å². The zero-order valence-corrected chi connectivity index (χ0v) is 16.2. The molecule has 140 valence electrons.